The number of aliphatic carboxylic acids is 2. The molecule has 34 heavy (non-hydrogen) atoms. The maximum Gasteiger partial charge on any atom is 0.321 e. The molecule has 0 amide bonds. The monoisotopic (exact) mass is 487 g/mol. The lowest BCUT2D eigenvalue weighted by atomic mass is 9.97. The second-order valence-electron chi connectivity index (χ2n) is 7.58. The molecule has 9 nitrogen and oxygen atoms in total. The van der Waals surface area contributed by atoms with Gasteiger partial charge in [-0.1, -0.05) is 30.3 Å². The summed E-state index contributed by atoms with van der Waals surface area (Å²) in [7, 11) is -0.973. The minimum Gasteiger partial charge on any atom is -0.496 e. The molecule has 10 heteroatoms. The summed E-state index contributed by atoms with van der Waals surface area (Å²) in [6, 6.07) is 14.0. The lowest BCUT2D eigenvalue weighted by molar-refractivity contribution is -0.140. The number of ether oxygens (including phenoxy) is 2. The van der Waals surface area contributed by atoms with Crippen molar-refractivity contribution in [2.24, 2.45) is 0 Å². The first-order valence-corrected chi connectivity index (χ1v) is 11.8. The Balaban J connectivity index is 1.86. The van der Waals surface area contributed by atoms with Crippen LogP contribution in [-0.4, -0.2) is 50.8 Å². The molecule has 0 aromatic heterocycles. The second-order valence-corrected chi connectivity index (χ2v) is 9.29. The summed E-state index contributed by atoms with van der Waals surface area (Å²) >= 11 is 0. The Bertz CT molecular complexity index is 1300. The number of nitrogens with one attached hydrogen (secondary N) is 1. The third-order valence-corrected chi connectivity index (χ3v) is 6.85. The van der Waals surface area contributed by atoms with Gasteiger partial charge in [0, 0.05) is 17.2 Å². The predicted octanol–water partition coefficient (Wildman–Crippen LogP) is 3.04. The number of methoxy groups -OCH3 is 2. The third-order valence-electron chi connectivity index (χ3n) is 5.36. The normalized spacial score (nSPS) is 12.3. The highest BCUT2D eigenvalue weighted by molar-refractivity contribution is 7.89. The van der Waals surface area contributed by atoms with Gasteiger partial charge in [-0.3, -0.25) is 9.59 Å². The Morgan fingerprint density at radius 3 is 2.21 bits per heavy atom. The molecular formula is C24H25NO8S. The maximum atomic E-state index is 12.6. The van der Waals surface area contributed by atoms with E-state index in [-0.39, 0.29) is 11.3 Å². The van der Waals surface area contributed by atoms with Crippen LogP contribution in [0.15, 0.2) is 59.5 Å². The van der Waals surface area contributed by atoms with E-state index in [2.05, 4.69) is 4.72 Å². The third kappa shape index (κ3) is 5.64. The van der Waals surface area contributed by atoms with Crippen LogP contribution in [-0.2, 0) is 26.0 Å². The van der Waals surface area contributed by atoms with E-state index in [1.54, 1.807) is 26.4 Å². The van der Waals surface area contributed by atoms with Gasteiger partial charge in [-0.05, 0) is 48.2 Å². The minimum absolute atomic E-state index is 0.116. The molecule has 3 aromatic rings. The fourth-order valence-corrected chi connectivity index (χ4v) is 4.90. The molecule has 1 atom stereocenters. The largest absolute Gasteiger partial charge is 0.496 e. The zero-order valence-corrected chi connectivity index (χ0v) is 19.5. The van der Waals surface area contributed by atoms with Crippen LogP contribution in [0.3, 0.4) is 0 Å². The first kappa shape index (κ1) is 25.0. The van der Waals surface area contributed by atoms with Crippen LogP contribution in [0.1, 0.15) is 24.0 Å². The zero-order chi connectivity index (χ0) is 24.9. The fourth-order valence-electron chi connectivity index (χ4n) is 3.67. The molecular weight excluding hydrogens is 462 g/mol. The average Bonchev–Trinajstić information content (AvgIpc) is 2.81. The van der Waals surface area contributed by atoms with Gasteiger partial charge in [0.05, 0.1) is 19.1 Å². The minimum atomic E-state index is -4.16. The summed E-state index contributed by atoms with van der Waals surface area (Å²) in [6.45, 7) is 0. The Kier molecular flexibility index (Phi) is 7.75. The first-order valence-electron chi connectivity index (χ1n) is 10.3. The van der Waals surface area contributed by atoms with Gasteiger partial charge in [0.25, 0.3) is 0 Å². The van der Waals surface area contributed by atoms with Crippen molar-refractivity contribution in [3.8, 4) is 11.5 Å². The van der Waals surface area contributed by atoms with E-state index in [0.717, 1.165) is 21.9 Å². The van der Waals surface area contributed by atoms with E-state index in [4.69, 9.17) is 14.6 Å². The van der Waals surface area contributed by atoms with E-state index >= 15 is 0 Å². The number of carboxylic acids is 2. The molecule has 0 bridgehead atoms. The lowest BCUT2D eigenvalue weighted by Crippen LogP contribution is -2.41. The number of hydrogen-bond acceptors (Lipinski definition) is 6. The smallest absolute Gasteiger partial charge is 0.321 e. The number of carbonyl (C=O) groups is 2. The van der Waals surface area contributed by atoms with Gasteiger partial charge in [-0.15, -0.1) is 0 Å². The molecule has 180 valence electrons. The molecule has 3 N–H and O–H groups in total. The summed E-state index contributed by atoms with van der Waals surface area (Å²) in [5.41, 5.74) is 1.79. The number of benzene rings is 3. The van der Waals surface area contributed by atoms with E-state index < -0.39 is 34.4 Å². The summed E-state index contributed by atoms with van der Waals surface area (Å²) in [6.07, 6.45) is -0.350. The topological polar surface area (TPSA) is 139 Å². The van der Waals surface area contributed by atoms with Crippen molar-refractivity contribution in [1.29, 1.82) is 0 Å². The van der Waals surface area contributed by atoms with Crippen LogP contribution in [0.5, 0.6) is 11.5 Å². The van der Waals surface area contributed by atoms with E-state index in [0.29, 0.717) is 17.9 Å². The maximum absolute atomic E-state index is 12.6. The average molecular weight is 488 g/mol. The highest BCUT2D eigenvalue weighted by Gasteiger charge is 2.26. The highest BCUT2D eigenvalue weighted by Crippen LogP contribution is 2.36. The Labute approximate surface area is 197 Å². The molecule has 0 aliphatic rings. The van der Waals surface area contributed by atoms with Gasteiger partial charge >= 0.3 is 11.9 Å². The number of carboxylic acid groups (broad SMARTS) is 2. The van der Waals surface area contributed by atoms with Crippen LogP contribution in [0.4, 0.5) is 0 Å². The predicted molar refractivity (Wildman–Crippen MR) is 125 cm³/mol. The Morgan fingerprint density at radius 2 is 1.62 bits per heavy atom. The number of rotatable bonds is 11. The van der Waals surface area contributed by atoms with E-state index in [9.17, 15) is 23.1 Å². The molecule has 3 rings (SSSR count). The molecule has 0 fully saturated rings. The zero-order valence-electron chi connectivity index (χ0n) is 18.6. The van der Waals surface area contributed by atoms with Gasteiger partial charge in [0.2, 0.25) is 10.0 Å². The van der Waals surface area contributed by atoms with Crippen molar-refractivity contribution in [2.45, 2.75) is 30.2 Å². The molecule has 0 aliphatic heterocycles. The van der Waals surface area contributed by atoms with Crippen LogP contribution < -0.4 is 14.2 Å². The van der Waals surface area contributed by atoms with E-state index in [1.165, 1.54) is 12.1 Å². The Morgan fingerprint density at radius 1 is 0.941 bits per heavy atom. The van der Waals surface area contributed by atoms with Gasteiger partial charge in [-0.2, -0.15) is 4.72 Å². The van der Waals surface area contributed by atoms with Crippen molar-refractivity contribution < 1.29 is 37.7 Å². The van der Waals surface area contributed by atoms with Crippen molar-refractivity contribution in [2.75, 3.05) is 14.2 Å². The quantitative estimate of drug-likeness (QED) is 0.375. The SMILES string of the molecule is COc1ccc(Cc2ccc(S(=O)(=O)NC(CCC(=O)O)C(=O)O)cc2)c2c(OC)cccc12. The number of sulfonamides is 1. The van der Waals surface area contributed by atoms with Crippen molar-refractivity contribution >= 4 is 32.7 Å². The molecule has 0 radical (unpaired) electrons. The fraction of sp³-hybridized carbons (Fsp3) is 0.250. The summed E-state index contributed by atoms with van der Waals surface area (Å²) in [5.74, 6) is -1.25. The van der Waals surface area contributed by atoms with Crippen molar-refractivity contribution in [3.05, 3.63) is 65.7 Å². The van der Waals surface area contributed by atoms with Gasteiger partial charge < -0.3 is 19.7 Å². The molecule has 0 heterocycles. The molecule has 0 aliphatic carbocycles. The van der Waals surface area contributed by atoms with Gasteiger partial charge in [-0.25, -0.2) is 8.42 Å². The second kappa shape index (κ2) is 10.5. The van der Waals surface area contributed by atoms with Crippen molar-refractivity contribution in [3.63, 3.8) is 0 Å². The first-order chi connectivity index (χ1) is 16.2. The summed E-state index contributed by atoms with van der Waals surface area (Å²) in [4.78, 5) is 22.0. The van der Waals surface area contributed by atoms with Crippen LogP contribution in [0.2, 0.25) is 0 Å². The van der Waals surface area contributed by atoms with Crippen LogP contribution in [0, 0.1) is 0 Å². The summed E-state index contributed by atoms with van der Waals surface area (Å²) < 4.78 is 38.3. The van der Waals surface area contributed by atoms with E-state index in [1.807, 2.05) is 30.3 Å². The Hall–Kier alpha value is -3.63. The van der Waals surface area contributed by atoms with Crippen LogP contribution in [0.25, 0.3) is 10.8 Å². The molecule has 0 saturated carbocycles. The lowest BCUT2D eigenvalue weighted by Gasteiger charge is -2.15. The van der Waals surface area contributed by atoms with Crippen molar-refractivity contribution in [1.82, 2.24) is 4.72 Å². The molecule has 3 aromatic carbocycles. The summed E-state index contributed by atoms with van der Waals surface area (Å²) in [5, 5.41) is 19.8. The molecule has 1 unspecified atom stereocenters. The van der Waals surface area contributed by atoms with Gasteiger partial charge in [0.15, 0.2) is 0 Å². The molecule has 0 spiro atoms. The van der Waals surface area contributed by atoms with Crippen LogP contribution >= 0.6 is 0 Å². The number of fused-ring (bicyclic) bond motifs is 1. The van der Waals surface area contributed by atoms with Gasteiger partial charge in [0.1, 0.15) is 17.5 Å². The highest BCUT2D eigenvalue weighted by atomic mass is 32.2. The number of hydrogen-bond donors (Lipinski definition) is 3. The molecule has 0 saturated heterocycles. The standard InChI is InChI=1S/C24H25NO8S/c1-32-20-12-8-16(23-18(20)4-3-5-21(23)33-2)14-15-6-9-17(10-7-15)34(30,31)25-19(24(28)29)11-13-22(26)27/h3-10,12,19,25H,11,13-14H2,1-2H3,(H,26,27)(H,28,29).